The fourth-order valence-electron chi connectivity index (χ4n) is 2.17. The highest BCUT2D eigenvalue weighted by Gasteiger charge is 2.01. The van der Waals surface area contributed by atoms with Crippen LogP contribution in [-0.2, 0) is 19.5 Å². The zero-order valence-corrected chi connectivity index (χ0v) is 11.5. The molecular formula is C17H22N2. The van der Waals surface area contributed by atoms with Crippen molar-refractivity contribution in [2.75, 3.05) is 13.6 Å². The number of nitrogens with one attached hydrogen (secondary N) is 2. The molecule has 0 saturated carbocycles. The van der Waals surface area contributed by atoms with Crippen molar-refractivity contribution >= 4 is 0 Å². The Balaban J connectivity index is 1.88. The first-order chi connectivity index (χ1) is 9.40. The van der Waals surface area contributed by atoms with E-state index >= 15 is 0 Å². The highest BCUT2D eigenvalue weighted by Crippen LogP contribution is 2.09. The highest BCUT2D eigenvalue weighted by molar-refractivity contribution is 5.27. The third-order valence-corrected chi connectivity index (χ3v) is 3.25. The number of benzene rings is 2. The Labute approximate surface area is 115 Å². The molecule has 0 fully saturated rings. The Kier molecular flexibility index (Phi) is 5.60. The summed E-state index contributed by atoms with van der Waals surface area (Å²) in [5.74, 6) is 0. The van der Waals surface area contributed by atoms with Crippen LogP contribution in [0.5, 0.6) is 0 Å². The average molecular weight is 254 g/mol. The summed E-state index contributed by atoms with van der Waals surface area (Å²) >= 11 is 0. The SMILES string of the molecule is CNCCc1ccccc1CNCc1ccccc1. The van der Waals surface area contributed by atoms with Crippen molar-refractivity contribution in [3.05, 3.63) is 71.3 Å². The zero-order valence-electron chi connectivity index (χ0n) is 11.5. The molecule has 0 atom stereocenters. The van der Waals surface area contributed by atoms with Gasteiger partial charge in [-0.2, -0.15) is 0 Å². The lowest BCUT2D eigenvalue weighted by Gasteiger charge is -2.10. The number of rotatable bonds is 7. The molecule has 2 rings (SSSR count). The predicted molar refractivity (Wildman–Crippen MR) is 81.1 cm³/mol. The van der Waals surface area contributed by atoms with Gasteiger partial charge >= 0.3 is 0 Å². The Morgan fingerprint density at radius 3 is 2.21 bits per heavy atom. The summed E-state index contributed by atoms with van der Waals surface area (Å²) < 4.78 is 0. The second-order valence-corrected chi connectivity index (χ2v) is 4.71. The molecule has 0 radical (unpaired) electrons. The molecule has 0 heterocycles. The Morgan fingerprint density at radius 1 is 0.789 bits per heavy atom. The van der Waals surface area contributed by atoms with E-state index in [1.165, 1.54) is 16.7 Å². The first-order valence-electron chi connectivity index (χ1n) is 6.86. The van der Waals surface area contributed by atoms with Gasteiger partial charge in [-0.1, -0.05) is 54.6 Å². The van der Waals surface area contributed by atoms with Gasteiger partial charge in [-0.05, 0) is 36.7 Å². The standard InChI is InChI=1S/C17H22N2/c1-18-12-11-16-9-5-6-10-17(16)14-19-13-15-7-3-2-4-8-15/h2-10,18-19H,11-14H2,1H3. The van der Waals surface area contributed by atoms with Crippen LogP contribution in [0.1, 0.15) is 16.7 Å². The van der Waals surface area contributed by atoms with Gasteiger partial charge in [0.1, 0.15) is 0 Å². The average Bonchev–Trinajstić information content (AvgIpc) is 2.47. The lowest BCUT2D eigenvalue weighted by molar-refractivity contribution is 0.683. The smallest absolute Gasteiger partial charge is 0.0211 e. The van der Waals surface area contributed by atoms with Crippen LogP contribution >= 0.6 is 0 Å². The minimum atomic E-state index is 0.918. The van der Waals surface area contributed by atoms with Crippen molar-refractivity contribution in [3.8, 4) is 0 Å². The van der Waals surface area contributed by atoms with Crippen LogP contribution in [0.3, 0.4) is 0 Å². The summed E-state index contributed by atoms with van der Waals surface area (Å²) in [7, 11) is 2.00. The summed E-state index contributed by atoms with van der Waals surface area (Å²) in [6.07, 6.45) is 1.08. The van der Waals surface area contributed by atoms with Gasteiger partial charge < -0.3 is 10.6 Å². The lowest BCUT2D eigenvalue weighted by atomic mass is 10.0. The molecule has 0 aliphatic carbocycles. The topological polar surface area (TPSA) is 24.1 Å². The fourth-order valence-corrected chi connectivity index (χ4v) is 2.17. The molecule has 0 bridgehead atoms. The van der Waals surface area contributed by atoms with Crippen molar-refractivity contribution < 1.29 is 0 Å². The van der Waals surface area contributed by atoms with Crippen molar-refractivity contribution in [2.45, 2.75) is 19.5 Å². The quantitative estimate of drug-likeness (QED) is 0.794. The number of hydrogen-bond acceptors (Lipinski definition) is 2. The normalized spacial score (nSPS) is 10.6. The Morgan fingerprint density at radius 2 is 1.47 bits per heavy atom. The molecule has 2 heteroatoms. The van der Waals surface area contributed by atoms with Crippen LogP contribution < -0.4 is 10.6 Å². The van der Waals surface area contributed by atoms with Crippen LogP contribution in [0.15, 0.2) is 54.6 Å². The molecule has 2 aromatic carbocycles. The van der Waals surface area contributed by atoms with Gasteiger partial charge in [-0.3, -0.25) is 0 Å². The van der Waals surface area contributed by atoms with E-state index in [1.807, 2.05) is 7.05 Å². The predicted octanol–water partition coefficient (Wildman–Crippen LogP) is 2.74. The highest BCUT2D eigenvalue weighted by atomic mass is 14.8. The molecule has 100 valence electrons. The van der Waals surface area contributed by atoms with Gasteiger partial charge in [-0.25, -0.2) is 0 Å². The molecule has 0 amide bonds. The van der Waals surface area contributed by atoms with Crippen LogP contribution in [0.2, 0.25) is 0 Å². The van der Waals surface area contributed by atoms with Crippen molar-refractivity contribution in [1.29, 1.82) is 0 Å². The van der Waals surface area contributed by atoms with E-state index in [4.69, 9.17) is 0 Å². The van der Waals surface area contributed by atoms with E-state index in [1.54, 1.807) is 0 Å². The summed E-state index contributed by atoms with van der Waals surface area (Å²) in [6, 6.07) is 19.2. The van der Waals surface area contributed by atoms with Crippen LogP contribution in [0.25, 0.3) is 0 Å². The molecule has 0 aromatic heterocycles. The van der Waals surface area contributed by atoms with Gasteiger partial charge in [0.15, 0.2) is 0 Å². The third kappa shape index (κ3) is 4.51. The van der Waals surface area contributed by atoms with Crippen LogP contribution in [0.4, 0.5) is 0 Å². The first kappa shape index (κ1) is 13.8. The van der Waals surface area contributed by atoms with E-state index < -0.39 is 0 Å². The Hall–Kier alpha value is -1.64. The summed E-state index contributed by atoms with van der Waals surface area (Å²) in [6.45, 7) is 2.87. The molecule has 0 aliphatic rings. The number of likely N-dealkylation sites (N-methyl/N-ethyl adjacent to an activating group) is 1. The third-order valence-electron chi connectivity index (χ3n) is 3.25. The van der Waals surface area contributed by atoms with Crippen LogP contribution in [-0.4, -0.2) is 13.6 Å². The Bertz CT molecular complexity index is 480. The molecule has 2 aromatic rings. The molecule has 19 heavy (non-hydrogen) atoms. The maximum atomic E-state index is 3.51. The van der Waals surface area contributed by atoms with E-state index in [2.05, 4.69) is 65.2 Å². The van der Waals surface area contributed by atoms with Gasteiger partial charge in [0.05, 0.1) is 0 Å². The van der Waals surface area contributed by atoms with E-state index in [0.29, 0.717) is 0 Å². The molecule has 0 unspecified atom stereocenters. The van der Waals surface area contributed by atoms with Crippen molar-refractivity contribution in [2.24, 2.45) is 0 Å². The molecule has 2 N–H and O–H groups in total. The summed E-state index contributed by atoms with van der Waals surface area (Å²) in [5, 5.41) is 6.72. The molecule has 2 nitrogen and oxygen atoms in total. The lowest BCUT2D eigenvalue weighted by Crippen LogP contribution is -2.16. The minimum absolute atomic E-state index is 0.918. The zero-order chi connectivity index (χ0) is 13.3. The molecule has 0 spiro atoms. The molecule has 0 saturated heterocycles. The second kappa shape index (κ2) is 7.72. The molecule has 0 aliphatic heterocycles. The summed E-state index contributed by atoms with van der Waals surface area (Å²) in [5.41, 5.74) is 4.15. The largest absolute Gasteiger partial charge is 0.319 e. The number of hydrogen-bond donors (Lipinski definition) is 2. The second-order valence-electron chi connectivity index (χ2n) is 4.71. The van der Waals surface area contributed by atoms with Crippen molar-refractivity contribution in [1.82, 2.24) is 10.6 Å². The van der Waals surface area contributed by atoms with Crippen LogP contribution in [0, 0.1) is 0 Å². The molecular weight excluding hydrogens is 232 g/mol. The maximum Gasteiger partial charge on any atom is 0.0211 e. The maximum absolute atomic E-state index is 3.51. The van der Waals surface area contributed by atoms with Gasteiger partial charge in [0.25, 0.3) is 0 Å². The minimum Gasteiger partial charge on any atom is -0.319 e. The van der Waals surface area contributed by atoms with Crippen molar-refractivity contribution in [3.63, 3.8) is 0 Å². The van der Waals surface area contributed by atoms with Gasteiger partial charge in [0, 0.05) is 13.1 Å². The van der Waals surface area contributed by atoms with E-state index in [-0.39, 0.29) is 0 Å². The summed E-state index contributed by atoms with van der Waals surface area (Å²) in [4.78, 5) is 0. The van der Waals surface area contributed by atoms with E-state index in [9.17, 15) is 0 Å². The first-order valence-corrected chi connectivity index (χ1v) is 6.86. The fraction of sp³-hybridized carbons (Fsp3) is 0.294. The monoisotopic (exact) mass is 254 g/mol. The van der Waals surface area contributed by atoms with Gasteiger partial charge in [0.2, 0.25) is 0 Å². The van der Waals surface area contributed by atoms with E-state index in [0.717, 1.165) is 26.1 Å². The van der Waals surface area contributed by atoms with Gasteiger partial charge in [-0.15, -0.1) is 0 Å².